The second-order valence-corrected chi connectivity index (χ2v) is 17.1. The van der Waals surface area contributed by atoms with E-state index in [1.165, 1.54) is 30.5 Å². The predicted octanol–water partition coefficient (Wildman–Crippen LogP) is 8.03. The maximum absolute atomic E-state index is 15.9. The topological polar surface area (TPSA) is 170 Å². The molecule has 0 bridgehead atoms. The number of carbonyl (C=O) groups excluding carboxylic acids is 4. The Morgan fingerprint density at radius 2 is 1.44 bits per heavy atom. The monoisotopic (exact) mass is 947 g/mol. The zero-order chi connectivity index (χ0) is 49.5. The van der Waals surface area contributed by atoms with E-state index in [0.29, 0.717) is 35.2 Å². The summed E-state index contributed by atoms with van der Waals surface area (Å²) in [6, 6.07) is 6.37. The van der Waals surface area contributed by atoms with Gasteiger partial charge in [-0.05, 0) is 60.9 Å². The number of methoxy groups -OCH3 is 2. The Balaban J connectivity index is 1.79. The van der Waals surface area contributed by atoms with Crippen LogP contribution in [-0.2, 0) is 36.8 Å². The fourth-order valence-electron chi connectivity index (χ4n) is 6.95. The van der Waals surface area contributed by atoms with E-state index in [2.05, 4.69) is 20.4 Å². The van der Waals surface area contributed by atoms with E-state index in [4.69, 9.17) is 4.74 Å². The van der Waals surface area contributed by atoms with Gasteiger partial charge in [-0.1, -0.05) is 45.0 Å². The van der Waals surface area contributed by atoms with Crippen molar-refractivity contribution >= 4 is 23.8 Å². The first kappa shape index (κ1) is 52.7. The van der Waals surface area contributed by atoms with Crippen LogP contribution in [0.4, 0.5) is 44.3 Å². The first-order valence-electron chi connectivity index (χ1n) is 20.1. The van der Waals surface area contributed by atoms with Crippen LogP contribution in [0.2, 0.25) is 0 Å². The summed E-state index contributed by atoms with van der Waals surface area (Å²) >= 11 is 0. The lowest BCUT2D eigenvalue weighted by atomic mass is 9.77. The molecule has 4 aromatic rings. The van der Waals surface area contributed by atoms with Crippen molar-refractivity contribution in [1.29, 1.82) is 0 Å². The number of aliphatic hydroxyl groups is 1. The maximum atomic E-state index is 15.9. The highest BCUT2D eigenvalue weighted by atomic mass is 19.4. The van der Waals surface area contributed by atoms with Crippen LogP contribution in [-0.4, -0.2) is 92.5 Å². The molecule has 0 fully saturated rings. The van der Waals surface area contributed by atoms with Crippen molar-refractivity contribution in [3.05, 3.63) is 83.8 Å². The highest BCUT2D eigenvalue weighted by Crippen LogP contribution is 2.42. The zero-order valence-corrected chi connectivity index (χ0v) is 36.8. The normalized spacial score (nSPS) is 14.2. The van der Waals surface area contributed by atoms with Crippen LogP contribution in [0.25, 0.3) is 22.4 Å². The molecule has 4 atom stereocenters. The number of rotatable bonds is 20. The molecule has 0 saturated heterocycles. The number of alkyl carbamates (subject to hydrolysis) is 1. The van der Waals surface area contributed by atoms with E-state index < -0.39 is 121 Å². The van der Waals surface area contributed by atoms with Crippen molar-refractivity contribution in [3.63, 3.8) is 0 Å². The number of hydrogen-bond acceptors (Lipinski definition) is 10. The van der Waals surface area contributed by atoms with Gasteiger partial charge in [0.1, 0.15) is 17.7 Å². The van der Waals surface area contributed by atoms with Crippen LogP contribution in [0.5, 0.6) is 0 Å². The molecule has 0 aliphatic heterocycles. The van der Waals surface area contributed by atoms with Gasteiger partial charge in [-0.15, -0.1) is 0 Å². The number of ether oxygens (including phenoxy) is 2. The summed E-state index contributed by atoms with van der Waals surface area (Å²) in [6.45, 7) is -1.43. The Morgan fingerprint density at radius 1 is 0.833 bits per heavy atom. The van der Waals surface area contributed by atoms with Crippen molar-refractivity contribution in [3.8, 4) is 22.4 Å². The SMILES string of the molecule is COC(=O)C[C@H](C(=O)NN(Cc1c(F)cc(-c2ccn(C(F)F)n2)cc1F)C[C@H](O)[C@@H](CC(=O)[C@@H](NC(=O)OC)C(C)(C)C(F)(F)F)Cc1ccc(-c2cnn(C(F)F)c2)cc1)C(C)(C)C. The molecule has 0 saturated carbocycles. The quantitative estimate of drug-likeness (QED) is 0.0448. The molecule has 2 amide bonds. The van der Waals surface area contributed by atoms with Gasteiger partial charge in [0.2, 0.25) is 5.91 Å². The van der Waals surface area contributed by atoms with Crippen molar-refractivity contribution in [2.24, 2.45) is 22.7 Å². The molecule has 2 aromatic carbocycles. The molecule has 14 nitrogen and oxygen atoms in total. The van der Waals surface area contributed by atoms with Gasteiger partial charge < -0.3 is 19.9 Å². The summed E-state index contributed by atoms with van der Waals surface area (Å²) < 4.78 is 138. The Kier molecular flexibility index (Phi) is 17.2. The first-order valence-corrected chi connectivity index (χ1v) is 20.1. The highest BCUT2D eigenvalue weighted by Gasteiger charge is 2.55. The summed E-state index contributed by atoms with van der Waals surface area (Å²) in [7, 11) is 1.96. The van der Waals surface area contributed by atoms with Crippen LogP contribution in [0.3, 0.4) is 0 Å². The molecule has 2 heterocycles. The second kappa shape index (κ2) is 21.6. The summed E-state index contributed by atoms with van der Waals surface area (Å²) in [5.41, 5.74) is -1.47. The molecule has 2 aromatic heterocycles. The number of benzene rings is 2. The third-order valence-corrected chi connectivity index (χ3v) is 11.0. The summed E-state index contributed by atoms with van der Waals surface area (Å²) in [5.74, 6) is -7.93. The molecule has 0 aliphatic rings. The number of aromatic nitrogens is 4. The number of amides is 2. The fraction of sp³-hybridized carbons (Fsp3) is 0.488. The van der Waals surface area contributed by atoms with E-state index >= 15 is 8.78 Å². The predicted molar refractivity (Wildman–Crippen MR) is 218 cm³/mol. The van der Waals surface area contributed by atoms with Gasteiger partial charge in [-0.25, -0.2) is 27.9 Å². The van der Waals surface area contributed by atoms with E-state index in [-0.39, 0.29) is 22.4 Å². The van der Waals surface area contributed by atoms with Gasteiger partial charge in [-0.2, -0.15) is 40.9 Å². The summed E-state index contributed by atoms with van der Waals surface area (Å²) in [4.78, 5) is 52.7. The Labute approximate surface area is 373 Å². The Hall–Kier alpha value is -5.97. The van der Waals surface area contributed by atoms with Crippen molar-refractivity contribution in [1.82, 2.24) is 35.3 Å². The molecule has 0 unspecified atom stereocenters. The third kappa shape index (κ3) is 13.3. The van der Waals surface area contributed by atoms with Gasteiger partial charge in [0.05, 0.1) is 50.0 Å². The molecule has 66 heavy (non-hydrogen) atoms. The average molecular weight is 948 g/mol. The Bertz CT molecular complexity index is 2290. The number of halogens is 9. The number of nitrogens with one attached hydrogen (secondary N) is 2. The van der Waals surface area contributed by atoms with Gasteiger partial charge >= 0.3 is 31.3 Å². The summed E-state index contributed by atoms with van der Waals surface area (Å²) in [6.07, 6.45) is -6.78. The molecule has 0 radical (unpaired) electrons. The number of esters is 1. The number of Topliss-reactive ketones (excluding diaryl/α,β-unsaturated/α-hetero) is 1. The van der Waals surface area contributed by atoms with Crippen LogP contribution in [0.15, 0.2) is 61.1 Å². The molecular weight excluding hydrogens is 897 g/mol. The number of aliphatic hydroxyl groups excluding tert-OH is 1. The molecule has 3 N–H and O–H groups in total. The smallest absolute Gasteiger partial charge is 0.407 e. The minimum atomic E-state index is -5.07. The number of ketones is 1. The number of hydrogen-bond donors (Lipinski definition) is 3. The van der Waals surface area contributed by atoms with Crippen molar-refractivity contribution in [2.45, 2.75) is 91.8 Å². The molecule has 0 spiro atoms. The van der Waals surface area contributed by atoms with Crippen LogP contribution < -0.4 is 10.7 Å². The fourth-order valence-corrected chi connectivity index (χ4v) is 6.95. The number of alkyl halides is 7. The number of carbonyl (C=O) groups is 4. The van der Waals surface area contributed by atoms with Gasteiger partial charge in [-0.3, -0.25) is 19.8 Å². The number of hydrazine groups is 1. The van der Waals surface area contributed by atoms with Crippen LogP contribution in [0, 0.1) is 34.3 Å². The highest BCUT2D eigenvalue weighted by molar-refractivity contribution is 5.88. The maximum Gasteiger partial charge on any atom is 0.407 e. The van der Waals surface area contributed by atoms with Gasteiger partial charge in [0, 0.05) is 48.6 Å². The van der Waals surface area contributed by atoms with Crippen LogP contribution in [0.1, 0.15) is 71.7 Å². The van der Waals surface area contributed by atoms with E-state index in [9.17, 15) is 55.0 Å². The molecule has 4 rings (SSSR count). The van der Waals surface area contributed by atoms with Gasteiger partial charge in [0.25, 0.3) is 0 Å². The lowest BCUT2D eigenvalue weighted by molar-refractivity contribution is -0.220. The van der Waals surface area contributed by atoms with Crippen molar-refractivity contribution in [2.75, 3.05) is 20.8 Å². The third-order valence-electron chi connectivity index (χ3n) is 11.0. The Morgan fingerprint density at radius 3 is 1.94 bits per heavy atom. The van der Waals surface area contributed by atoms with E-state index in [1.807, 2.05) is 5.32 Å². The van der Waals surface area contributed by atoms with E-state index in [0.717, 1.165) is 49.8 Å². The van der Waals surface area contributed by atoms with Crippen molar-refractivity contribution < 1.29 is 73.3 Å². The lowest BCUT2D eigenvalue weighted by Gasteiger charge is -2.37. The molecular formula is C43H50F9N7O7. The van der Waals surface area contributed by atoms with E-state index in [1.54, 1.807) is 20.8 Å². The molecule has 23 heteroatoms. The molecule has 0 aliphatic carbocycles. The minimum Gasteiger partial charge on any atom is -0.469 e. The summed E-state index contributed by atoms with van der Waals surface area (Å²) in [5, 5.41) is 22.0. The lowest BCUT2D eigenvalue weighted by Crippen LogP contribution is -2.57. The number of nitrogens with zero attached hydrogens (tertiary/aromatic N) is 5. The van der Waals surface area contributed by atoms with Gasteiger partial charge in [0.15, 0.2) is 5.78 Å². The zero-order valence-electron chi connectivity index (χ0n) is 36.8. The molecule has 362 valence electrons. The minimum absolute atomic E-state index is 0.214. The average Bonchev–Trinajstić information content (AvgIpc) is 3.94. The van der Waals surface area contributed by atoms with Crippen LogP contribution >= 0.6 is 0 Å². The standard InChI is InChI=1S/C43H50F9N7O7/c1-41(2,3)29(18-35(62)65-6)37(63)56-57(21-28-30(44)15-25(16-31(28)45)32-12-13-58(55-32)38(46)47)22-34(61)26(17-33(60)36(54-40(64)66-7)42(4,5)43(50,51)52)14-23-8-10-24(11-9-23)27-19-53-59(20-27)39(48)49/h8-13,15-16,19-20,26,29,34,36,38-39,61H,14,17-18,21-22H2,1-7H3,(H,54,64)(H,56,63)/t26-,29-,34+,36-/m1/s1. The largest absolute Gasteiger partial charge is 0.469 e. The second-order valence-electron chi connectivity index (χ2n) is 17.1. The first-order chi connectivity index (χ1) is 30.7.